The molecule has 2 rings (SSSR count). The van der Waals surface area contributed by atoms with Gasteiger partial charge in [0.25, 0.3) is 0 Å². The Morgan fingerprint density at radius 1 is 1.19 bits per heavy atom. The van der Waals surface area contributed by atoms with Crippen LogP contribution in [0.1, 0.15) is 19.8 Å². The van der Waals surface area contributed by atoms with Crippen molar-refractivity contribution >= 4 is 11.8 Å². The molecule has 0 unspecified atom stereocenters. The predicted molar refractivity (Wildman–Crippen MR) is 79.9 cm³/mol. The van der Waals surface area contributed by atoms with Crippen molar-refractivity contribution in [1.29, 1.82) is 0 Å². The minimum Gasteiger partial charge on any atom is -0.377 e. The highest BCUT2D eigenvalue weighted by atomic mass is 16.5. The fraction of sp³-hybridized carbons (Fsp3) is 0.867. The van der Waals surface area contributed by atoms with Gasteiger partial charge in [-0.15, -0.1) is 0 Å². The van der Waals surface area contributed by atoms with Gasteiger partial charge in [-0.1, -0.05) is 0 Å². The van der Waals surface area contributed by atoms with Crippen LogP contribution in [0.2, 0.25) is 0 Å². The molecule has 6 nitrogen and oxygen atoms in total. The van der Waals surface area contributed by atoms with Crippen LogP contribution in [0.15, 0.2) is 0 Å². The average molecular weight is 297 g/mol. The Kier molecular flexibility index (Phi) is 5.58. The van der Waals surface area contributed by atoms with E-state index in [-0.39, 0.29) is 23.8 Å². The third kappa shape index (κ3) is 4.17. The number of ether oxygens (including phenoxy) is 1. The van der Waals surface area contributed by atoms with Gasteiger partial charge < -0.3 is 19.4 Å². The number of amides is 2. The normalized spacial score (nSPS) is 24.5. The number of likely N-dealkylation sites (tertiary alicyclic amines) is 1. The number of hydrogen-bond acceptors (Lipinski definition) is 4. The number of carbonyl (C=O) groups is 2. The molecule has 2 aliphatic heterocycles. The van der Waals surface area contributed by atoms with E-state index >= 15 is 0 Å². The summed E-state index contributed by atoms with van der Waals surface area (Å²) in [4.78, 5) is 30.1. The van der Waals surface area contributed by atoms with Gasteiger partial charge in [0.15, 0.2) is 0 Å². The van der Waals surface area contributed by atoms with E-state index in [1.54, 1.807) is 6.92 Å². The van der Waals surface area contributed by atoms with Gasteiger partial charge in [0.1, 0.15) is 0 Å². The number of morpholine rings is 1. The number of hydrogen-bond donors (Lipinski definition) is 0. The average Bonchev–Trinajstić information content (AvgIpc) is 2.46. The summed E-state index contributed by atoms with van der Waals surface area (Å²) in [5.41, 5.74) is 0. The zero-order chi connectivity index (χ0) is 15.4. The van der Waals surface area contributed by atoms with Crippen LogP contribution in [0.5, 0.6) is 0 Å². The molecule has 0 aromatic heterocycles. The second kappa shape index (κ2) is 7.22. The molecule has 0 aliphatic carbocycles. The van der Waals surface area contributed by atoms with E-state index in [0.29, 0.717) is 32.8 Å². The van der Waals surface area contributed by atoms with Gasteiger partial charge in [0.05, 0.1) is 19.3 Å². The highest BCUT2D eigenvalue weighted by molar-refractivity contribution is 5.80. The quantitative estimate of drug-likeness (QED) is 0.738. The lowest BCUT2D eigenvalue weighted by atomic mass is 9.94. The second-order valence-electron chi connectivity index (χ2n) is 6.30. The van der Waals surface area contributed by atoms with Crippen LogP contribution in [-0.2, 0) is 14.3 Å². The third-order valence-electron chi connectivity index (χ3n) is 4.38. The largest absolute Gasteiger partial charge is 0.377 e. The van der Waals surface area contributed by atoms with Gasteiger partial charge >= 0.3 is 0 Å². The number of likely N-dealkylation sites (N-methyl/N-ethyl adjacent to an activating group) is 1. The molecule has 0 aromatic rings. The highest BCUT2D eigenvalue weighted by Gasteiger charge is 2.34. The Balaban J connectivity index is 1.93. The first-order valence-electron chi connectivity index (χ1n) is 7.77. The lowest BCUT2D eigenvalue weighted by Gasteiger charge is -2.40. The van der Waals surface area contributed by atoms with Gasteiger partial charge in [-0.3, -0.25) is 9.59 Å². The Morgan fingerprint density at radius 2 is 1.86 bits per heavy atom. The van der Waals surface area contributed by atoms with Crippen LogP contribution in [0.3, 0.4) is 0 Å². The van der Waals surface area contributed by atoms with Crippen molar-refractivity contribution in [2.45, 2.75) is 25.8 Å². The Hall–Kier alpha value is -1.14. The highest BCUT2D eigenvalue weighted by Crippen LogP contribution is 2.22. The summed E-state index contributed by atoms with van der Waals surface area (Å²) < 4.78 is 5.53. The van der Waals surface area contributed by atoms with Gasteiger partial charge in [-0.25, -0.2) is 0 Å². The molecule has 2 fully saturated rings. The van der Waals surface area contributed by atoms with E-state index in [2.05, 4.69) is 4.90 Å². The predicted octanol–water partition coefficient (Wildman–Crippen LogP) is 0.0339. The summed E-state index contributed by atoms with van der Waals surface area (Å²) in [5.74, 6) is 0.412. The molecule has 6 heteroatoms. The van der Waals surface area contributed by atoms with E-state index in [0.717, 1.165) is 19.4 Å². The first-order chi connectivity index (χ1) is 9.99. The van der Waals surface area contributed by atoms with E-state index in [1.165, 1.54) is 0 Å². The van der Waals surface area contributed by atoms with Gasteiger partial charge in [0.2, 0.25) is 11.8 Å². The maximum atomic E-state index is 12.8. The molecule has 120 valence electrons. The molecule has 2 heterocycles. The molecule has 0 bridgehead atoms. The lowest BCUT2D eigenvalue weighted by molar-refractivity contribution is -0.147. The van der Waals surface area contributed by atoms with Crippen molar-refractivity contribution in [2.75, 3.05) is 53.5 Å². The van der Waals surface area contributed by atoms with Crippen molar-refractivity contribution in [3.8, 4) is 0 Å². The zero-order valence-electron chi connectivity index (χ0n) is 13.4. The molecule has 0 radical (unpaired) electrons. The third-order valence-corrected chi connectivity index (χ3v) is 4.38. The van der Waals surface area contributed by atoms with Gasteiger partial charge in [-0.2, -0.15) is 0 Å². The lowest BCUT2D eigenvalue weighted by Crippen LogP contribution is -2.55. The second-order valence-corrected chi connectivity index (χ2v) is 6.30. The molecule has 0 N–H and O–H groups in total. The van der Waals surface area contributed by atoms with Crippen LogP contribution in [-0.4, -0.2) is 86.0 Å². The van der Waals surface area contributed by atoms with Crippen LogP contribution < -0.4 is 0 Å². The molecule has 0 spiro atoms. The summed E-state index contributed by atoms with van der Waals surface area (Å²) in [6.45, 7) is 5.76. The van der Waals surface area contributed by atoms with Gasteiger partial charge in [0, 0.05) is 39.0 Å². The van der Waals surface area contributed by atoms with Crippen molar-refractivity contribution in [1.82, 2.24) is 14.7 Å². The fourth-order valence-corrected chi connectivity index (χ4v) is 3.19. The van der Waals surface area contributed by atoms with Crippen LogP contribution in [0.4, 0.5) is 0 Å². The van der Waals surface area contributed by atoms with E-state index in [4.69, 9.17) is 4.74 Å². The minimum atomic E-state index is 0.0587. The van der Waals surface area contributed by atoms with E-state index in [9.17, 15) is 9.59 Å². The maximum absolute atomic E-state index is 12.8. The molecular formula is C15H27N3O3. The van der Waals surface area contributed by atoms with Crippen molar-refractivity contribution < 1.29 is 14.3 Å². The summed E-state index contributed by atoms with van der Waals surface area (Å²) in [6, 6.07) is 0.145. The van der Waals surface area contributed by atoms with Crippen LogP contribution >= 0.6 is 0 Å². The summed E-state index contributed by atoms with van der Waals surface area (Å²) in [5, 5.41) is 0. The summed E-state index contributed by atoms with van der Waals surface area (Å²) in [7, 11) is 4.03. The molecule has 2 aliphatic rings. The van der Waals surface area contributed by atoms with Crippen LogP contribution in [0, 0.1) is 5.92 Å². The van der Waals surface area contributed by atoms with E-state index in [1.807, 2.05) is 23.9 Å². The van der Waals surface area contributed by atoms with Crippen molar-refractivity contribution in [3.63, 3.8) is 0 Å². The minimum absolute atomic E-state index is 0.0587. The van der Waals surface area contributed by atoms with E-state index < -0.39 is 0 Å². The number of piperidine rings is 1. The molecule has 1 atom stereocenters. The fourth-order valence-electron chi connectivity index (χ4n) is 3.19. The SMILES string of the molecule is CC(=O)N1CCC(C(=O)N2CCOC[C@@H]2CN(C)C)CC1. The van der Waals surface area contributed by atoms with Crippen LogP contribution in [0.25, 0.3) is 0 Å². The Labute approximate surface area is 127 Å². The Bertz CT molecular complexity index is 378. The molecule has 0 aromatic carbocycles. The standard InChI is InChI=1S/C15H27N3O3/c1-12(19)17-6-4-13(5-7-17)15(20)18-8-9-21-11-14(18)10-16(2)3/h13-14H,4-11H2,1-3H3/t14-/m0/s1. The topological polar surface area (TPSA) is 53.1 Å². The molecule has 2 saturated heterocycles. The van der Waals surface area contributed by atoms with Crippen molar-refractivity contribution in [3.05, 3.63) is 0 Å². The maximum Gasteiger partial charge on any atom is 0.226 e. The molecule has 0 saturated carbocycles. The zero-order valence-corrected chi connectivity index (χ0v) is 13.4. The number of rotatable bonds is 3. The number of nitrogens with zero attached hydrogens (tertiary/aromatic N) is 3. The number of carbonyl (C=O) groups excluding carboxylic acids is 2. The summed E-state index contributed by atoms with van der Waals surface area (Å²) in [6.07, 6.45) is 1.56. The first kappa shape index (κ1) is 16.2. The van der Waals surface area contributed by atoms with Crippen molar-refractivity contribution in [2.24, 2.45) is 5.92 Å². The monoisotopic (exact) mass is 297 g/mol. The molecule has 2 amide bonds. The smallest absolute Gasteiger partial charge is 0.226 e. The summed E-state index contributed by atoms with van der Waals surface area (Å²) >= 11 is 0. The van der Waals surface area contributed by atoms with Gasteiger partial charge in [-0.05, 0) is 26.9 Å². The Morgan fingerprint density at radius 3 is 2.43 bits per heavy atom. The molecule has 21 heavy (non-hydrogen) atoms. The molecular weight excluding hydrogens is 270 g/mol. The first-order valence-corrected chi connectivity index (χ1v) is 7.77.